The molecule has 0 aliphatic carbocycles. The Labute approximate surface area is 132 Å². The van der Waals surface area contributed by atoms with Gasteiger partial charge in [0.05, 0.1) is 12.1 Å². The zero-order chi connectivity index (χ0) is 16.4. The number of hydrogen-bond donors (Lipinski definition) is 0. The van der Waals surface area contributed by atoms with Crippen LogP contribution in [0.5, 0.6) is 0 Å². The minimum atomic E-state index is -0.429. The van der Waals surface area contributed by atoms with E-state index in [1.165, 1.54) is 17.0 Å². The number of rotatable bonds is 4. The van der Waals surface area contributed by atoms with Crippen molar-refractivity contribution in [2.24, 2.45) is 0 Å². The van der Waals surface area contributed by atoms with Crippen LogP contribution < -0.4 is 0 Å². The van der Waals surface area contributed by atoms with Gasteiger partial charge in [-0.05, 0) is 31.2 Å². The molecule has 1 amide bonds. The molecule has 2 heterocycles. The van der Waals surface area contributed by atoms with Crippen LogP contribution in [0.2, 0.25) is 0 Å². The summed E-state index contributed by atoms with van der Waals surface area (Å²) >= 11 is 0. The quantitative estimate of drug-likeness (QED) is 0.737. The Morgan fingerprint density at radius 3 is 2.74 bits per heavy atom. The first-order chi connectivity index (χ1) is 11.0. The van der Waals surface area contributed by atoms with Crippen LogP contribution in [0.3, 0.4) is 0 Å². The molecule has 118 valence electrons. The number of carbonyl (C=O) groups is 1. The molecular formula is C17H15FN2O3. The molecule has 5 nitrogen and oxygen atoms in total. The molecule has 3 aromatic rings. The highest BCUT2D eigenvalue weighted by atomic mass is 19.1. The minimum absolute atomic E-state index is 0.119. The number of aryl methyl sites for hydroxylation is 1. The third kappa shape index (κ3) is 3.15. The van der Waals surface area contributed by atoms with E-state index in [0.29, 0.717) is 12.3 Å². The molecule has 0 spiro atoms. The molecule has 0 saturated carbocycles. The van der Waals surface area contributed by atoms with Crippen molar-refractivity contribution in [3.8, 4) is 11.3 Å². The molecule has 0 unspecified atom stereocenters. The summed E-state index contributed by atoms with van der Waals surface area (Å²) in [5, 5.41) is 3.74. The third-order valence-corrected chi connectivity index (χ3v) is 3.40. The summed E-state index contributed by atoms with van der Waals surface area (Å²) in [4.78, 5) is 13.8. The molecule has 2 aromatic heterocycles. The van der Waals surface area contributed by atoms with Crippen LogP contribution in [0.25, 0.3) is 11.3 Å². The van der Waals surface area contributed by atoms with E-state index in [9.17, 15) is 9.18 Å². The van der Waals surface area contributed by atoms with Gasteiger partial charge in [-0.1, -0.05) is 17.3 Å². The number of nitrogens with zero attached hydrogens (tertiary/aromatic N) is 2. The fourth-order valence-corrected chi connectivity index (χ4v) is 2.24. The molecule has 1 aromatic carbocycles. The van der Waals surface area contributed by atoms with Gasteiger partial charge in [-0.15, -0.1) is 0 Å². The lowest BCUT2D eigenvalue weighted by Gasteiger charge is -2.13. The molecule has 0 N–H and O–H groups in total. The van der Waals surface area contributed by atoms with Crippen LogP contribution in [0.15, 0.2) is 51.4 Å². The number of amides is 1. The summed E-state index contributed by atoms with van der Waals surface area (Å²) in [5.74, 6) is 0.918. The number of benzene rings is 1. The molecule has 6 heteroatoms. The summed E-state index contributed by atoms with van der Waals surface area (Å²) in [6.07, 6.45) is 0. The first-order valence-electron chi connectivity index (χ1n) is 7.07. The van der Waals surface area contributed by atoms with Crippen molar-refractivity contribution in [2.75, 3.05) is 7.05 Å². The number of furan rings is 1. The Bertz CT molecular complexity index is 838. The first-order valence-corrected chi connectivity index (χ1v) is 7.07. The van der Waals surface area contributed by atoms with Gasteiger partial charge < -0.3 is 13.8 Å². The lowest BCUT2D eigenvalue weighted by atomic mass is 10.1. The number of carbonyl (C=O) groups excluding carboxylic acids is 1. The van der Waals surface area contributed by atoms with Gasteiger partial charge in [0.25, 0.3) is 5.91 Å². The summed E-state index contributed by atoms with van der Waals surface area (Å²) in [7, 11) is 1.64. The largest absolute Gasteiger partial charge is 0.464 e. The predicted molar refractivity (Wildman–Crippen MR) is 81.1 cm³/mol. The van der Waals surface area contributed by atoms with E-state index < -0.39 is 5.82 Å². The van der Waals surface area contributed by atoms with Crippen molar-refractivity contribution in [1.29, 1.82) is 0 Å². The van der Waals surface area contributed by atoms with Crippen molar-refractivity contribution in [3.63, 3.8) is 0 Å². The molecular weight excluding hydrogens is 299 g/mol. The van der Waals surface area contributed by atoms with Gasteiger partial charge in [-0.25, -0.2) is 4.39 Å². The highest BCUT2D eigenvalue weighted by Gasteiger charge is 2.19. The van der Waals surface area contributed by atoms with E-state index in [2.05, 4.69) is 5.16 Å². The first kappa shape index (κ1) is 15.0. The van der Waals surface area contributed by atoms with Crippen LogP contribution in [0.1, 0.15) is 22.0 Å². The Morgan fingerprint density at radius 2 is 2.04 bits per heavy atom. The van der Waals surface area contributed by atoms with E-state index in [1.54, 1.807) is 25.2 Å². The smallest absolute Gasteiger partial charge is 0.276 e. The van der Waals surface area contributed by atoms with Crippen molar-refractivity contribution in [1.82, 2.24) is 10.1 Å². The zero-order valence-electron chi connectivity index (χ0n) is 12.7. The van der Waals surface area contributed by atoms with E-state index in [4.69, 9.17) is 8.94 Å². The lowest BCUT2D eigenvalue weighted by Crippen LogP contribution is -2.26. The highest BCUT2D eigenvalue weighted by Crippen LogP contribution is 2.23. The molecule has 0 radical (unpaired) electrons. The summed E-state index contributed by atoms with van der Waals surface area (Å²) in [6.45, 7) is 2.15. The Kier molecular flexibility index (Phi) is 3.97. The van der Waals surface area contributed by atoms with Gasteiger partial charge in [0.2, 0.25) is 0 Å². The molecule has 23 heavy (non-hydrogen) atoms. The zero-order valence-corrected chi connectivity index (χ0v) is 12.7. The van der Waals surface area contributed by atoms with Gasteiger partial charge >= 0.3 is 0 Å². The van der Waals surface area contributed by atoms with E-state index in [-0.39, 0.29) is 22.9 Å². The third-order valence-electron chi connectivity index (χ3n) is 3.40. The van der Waals surface area contributed by atoms with Crippen molar-refractivity contribution >= 4 is 5.91 Å². The van der Waals surface area contributed by atoms with Crippen LogP contribution >= 0.6 is 0 Å². The van der Waals surface area contributed by atoms with Gasteiger partial charge in [-0.2, -0.15) is 0 Å². The van der Waals surface area contributed by atoms with Crippen LogP contribution in [0.4, 0.5) is 4.39 Å². The molecule has 0 saturated heterocycles. The molecule has 3 rings (SSSR count). The minimum Gasteiger partial charge on any atom is -0.464 e. The predicted octanol–water partition coefficient (Wildman–Crippen LogP) is 3.65. The number of halogens is 1. The lowest BCUT2D eigenvalue weighted by molar-refractivity contribution is 0.0764. The maximum absolute atomic E-state index is 13.7. The van der Waals surface area contributed by atoms with Crippen LogP contribution in [-0.2, 0) is 6.54 Å². The Morgan fingerprint density at radius 1 is 1.26 bits per heavy atom. The average Bonchev–Trinajstić information content (AvgIpc) is 3.16. The van der Waals surface area contributed by atoms with Crippen molar-refractivity contribution < 1.29 is 18.1 Å². The second-order valence-corrected chi connectivity index (χ2v) is 5.23. The molecule has 0 aliphatic rings. The number of hydrogen-bond acceptors (Lipinski definition) is 4. The Hall–Kier alpha value is -2.89. The maximum Gasteiger partial charge on any atom is 0.276 e. The van der Waals surface area contributed by atoms with E-state index in [0.717, 1.165) is 5.76 Å². The fourth-order valence-electron chi connectivity index (χ4n) is 2.24. The number of aromatic nitrogens is 1. The van der Waals surface area contributed by atoms with Gasteiger partial charge in [0, 0.05) is 13.1 Å². The summed E-state index contributed by atoms with van der Waals surface area (Å²) < 4.78 is 24.3. The van der Waals surface area contributed by atoms with Gasteiger partial charge in [0.1, 0.15) is 17.3 Å². The van der Waals surface area contributed by atoms with Gasteiger partial charge in [-0.3, -0.25) is 4.79 Å². The van der Waals surface area contributed by atoms with Crippen molar-refractivity contribution in [2.45, 2.75) is 13.5 Å². The van der Waals surface area contributed by atoms with Crippen LogP contribution in [-0.4, -0.2) is 23.0 Å². The average molecular weight is 314 g/mol. The molecule has 0 aliphatic heterocycles. The monoisotopic (exact) mass is 314 g/mol. The second kappa shape index (κ2) is 6.08. The normalized spacial score (nSPS) is 10.7. The maximum atomic E-state index is 13.7. The fraction of sp³-hybridized carbons (Fsp3) is 0.176. The Balaban J connectivity index is 1.77. The summed E-state index contributed by atoms with van der Waals surface area (Å²) in [5.41, 5.74) is 0.386. The van der Waals surface area contributed by atoms with Gasteiger partial charge in [0.15, 0.2) is 11.5 Å². The highest BCUT2D eigenvalue weighted by molar-refractivity contribution is 5.92. The standard InChI is InChI=1S/C17H15FN2O3/c1-11-7-8-12(22-11)10-20(2)17(21)15-9-16(23-19-15)13-5-3-4-6-14(13)18/h3-9H,10H2,1-2H3. The SMILES string of the molecule is Cc1ccc(CN(C)C(=O)c2cc(-c3ccccc3F)on2)o1. The van der Waals surface area contributed by atoms with E-state index >= 15 is 0 Å². The van der Waals surface area contributed by atoms with Crippen LogP contribution in [0, 0.1) is 12.7 Å². The molecule has 0 fully saturated rings. The molecule has 0 atom stereocenters. The topological polar surface area (TPSA) is 59.5 Å². The second-order valence-electron chi connectivity index (χ2n) is 5.23. The van der Waals surface area contributed by atoms with E-state index in [1.807, 2.05) is 19.1 Å². The molecule has 0 bridgehead atoms. The van der Waals surface area contributed by atoms with Crippen molar-refractivity contribution in [3.05, 3.63) is 65.5 Å². The summed E-state index contributed by atoms with van der Waals surface area (Å²) in [6, 6.07) is 11.2.